The predicted octanol–water partition coefficient (Wildman–Crippen LogP) is 1.99. The zero-order valence-corrected chi connectivity index (χ0v) is 13.9. The molecule has 3 N–H and O–H groups in total. The lowest BCUT2D eigenvalue weighted by Gasteiger charge is -2.33. The van der Waals surface area contributed by atoms with Crippen molar-refractivity contribution < 1.29 is 9.59 Å². The van der Waals surface area contributed by atoms with E-state index in [1.807, 2.05) is 24.0 Å². The Morgan fingerprint density at radius 1 is 1.41 bits per heavy atom. The van der Waals surface area contributed by atoms with Crippen LogP contribution in [-0.2, 0) is 4.79 Å². The molecule has 6 heteroatoms. The summed E-state index contributed by atoms with van der Waals surface area (Å²) in [5.74, 6) is 0.338. The number of hydrogen-bond donors (Lipinski definition) is 2. The van der Waals surface area contributed by atoms with E-state index in [0.717, 1.165) is 24.9 Å². The molecule has 0 saturated carbocycles. The number of halogens is 1. The van der Waals surface area contributed by atoms with E-state index in [1.165, 1.54) is 6.92 Å². The van der Waals surface area contributed by atoms with Gasteiger partial charge in [0, 0.05) is 37.8 Å². The fourth-order valence-electron chi connectivity index (χ4n) is 2.74. The van der Waals surface area contributed by atoms with Gasteiger partial charge in [-0.3, -0.25) is 9.59 Å². The standard InChI is InChI=1S/C16H23N3O2.ClH/c1-11-5-6-14(17)8-15(11)16(21)19-7-3-4-13(10-19)9-18-12(2)20;/h5-6,8,13H,3-4,7,9-10,17H2,1-2H3,(H,18,20);1H. The molecule has 0 aromatic heterocycles. The van der Waals surface area contributed by atoms with Gasteiger partial charge < -0.3 is 16.0 Å². The van der Waals surface area contributed by atoms with Gasteiger partial charge in [0.2, 0.25) is 5.91 Å². The van der Waals surface area contributed by atoms with E-state index in [4.69, 9.17) is 5.73 Å². The first kappa shape index (κ1) is 18.3. The summed E-state index contributed by atoms with van der Waals surface area (Å²) < 4.78 is 0. The largest absolute Gasteiger partial charge is 0.399 e. The molecule has 1 atom stereocenters. The van der Waals surface area contributed by atoms with Crippen molar-refractivity contribution in [2.24, 2.45) is 5.92 Å². The average Bonchev–Trinajstić information content (AvgIpc) is 2.47. The van der Waals surface area contributed by atoms with Crippen molar-refractivity contribution in [1.82, 2.24) is 10.2 Å². The summed E-state index contributed by atoms with van der Waals surface area (Å²) in [5.41, 5.74) is 8.01. The van der Waals surface area contributed by atoms with Crippen LogP contribution in [0.15, 0.2) is 18.2 Å². The molecule has 2 rings (SSSR count). The Labute approximate surface area is 137 Å². The van der Waals surface area contributed by atoms with Crippen LogP contribution in [0, 0.1) is 12.8 Å². The summed E-state index contributed by atoms with van der Waals surface area (Å²) in [7, 11) is 0. The monoisotopic (exact) mass is 325 g/mol. The summed E-state index contributed by atoms with van der Waals surface area (Å²) in [6.07, 6.45) is 2.01. The highest BCUT2D eigenvalue weighted by molar-refractivity contribution is 5.96. The Morgan fingerprint density at radius 2 is 2.14 bits per heavy atom. The zero-order valence-electron chi connectivity index (χ0n) is 13.1. The van der Waals surface area contributed by atoms with E-state index in [9.17, 15) is 9.59 Å². The summed E-state index contributed by atoms with van der Waals surface area (Å²) >= 11 is 0. The first-order valence-electron chi connectivity index (χ1n) is 7.37. The minimum Gasteiger partial charge on any atom is -0.399 e. The Balaban J connectivity index is 0.00000242. The third-order valence-corrected chi connectivity index (χ3v) is 3.94. The molecule has 1 aliphatic rings. The molecular weight excluding hydrogens is 302 g/mol. The van der Waals surface area contributed by atoms with E-state index in [2.05, 4.69) is 5.32 Å². The summed E-state index contributed by atoms with van der Waals surface area (Å²) in [5, 5.41) is 2.84. The predicted molar refractivity (Wildman–Crippen MR) is 90.2 cm³/mol. The Kier molecular flexibility index (Phi) is 6.68. The minimum atomic E-state index is -0.0230. The number of rotatable bonds is 3. The number of carbonyl (C=O) groups excluding carboxylic acids is 2. The Morgan fingerprint density at radius 3 is 2.82 bits per heavy atom. The second-order valence-corrected chi connectivity index (χ2v) is 5.77. The quantitative estimate of drug-likeness (QED) is 0.834. The van der Waals surface area contributed by atoms with E-state index in [-0.39, 0.29) is 24.2 Å². The van der Waals surface area contributed by atoms with Crippen LogP contribution in [0.3, 0.4) is 0 Å². The first-order chi connectivity index (χ1) is 9.97. The number of nitrogens with two attached hydrogens (primary N) is 1. The average molecular weight is 326 g/mol. The van der Waals surface area contributed by atoms with Gasteiger partial charge in [-0.25, -0.2) is 0 Å². The van der Waals surface area contributed by atoms with Crippen LogP contribution in [-0.4, -0.2) is 36.3 Å². The van der Waals surface area contributed by atoms with E-state index < -0.39 is 0 Å². The van der Waals surface area contributed by atoms with Crippen molar-refractivity contribution in [3.63, 3.8) is 0 Å². The summed E-state index contributed by atoms with van der Waals surface area (Å²) in [6, 6.07) is 5.43. The minimum absolute atomic E-state index is 0. The van der Waals surface area contributed by atoms with Crippen LogP contribution in [0.5, 0.6) is 0 Å². The van der Waals surface area contributed by atoms with Gasteiger partial charge in [0.1, 0.15) is 0 Å². The first-order valence-corrected chi connectivity index (χ1v) is 7.37. The van der Waals surface area contributed by atoms with Crippen molar-refractivity contribution >= 4 is 29.9 Å². The Hall–Kier alpha value is -1.75. The van der Waals surface area contributed by atoms with Crippen LogP contribution in [0.25, 0.3) is 0 Å². The molecule has 122 valence electrons. The number of nitrogen functional groups attached to an aromatic ring is 1. The number of hydrogen-bond acceptors (Lipinski definition) is 3. The Bertz CT molecular complexity index is 548. The second kappa shape index (κ2) is 8.03. The van der Waals surface area contributed by atoms with Crippen molar-refractivity contribution in [3.8, 4) is 0 Å². The van der Waals surface area contributed by atoms with Crippen LogP contribution >= 0.6 is 12.4 Å². The third kappa shape index (κ3) is 4.63. The number of amides is 2. The van der Waals surface area contributed by atoms with Gasteiger partial charge in [-0.2, -0.15) is 0 Å². The van der Waals surface area contributed by atoms with Crippen LogP contribution in [0.2, 0.25) is 0 Å². The smallest absolute Gasteiger partial charge is 0.254 e. The molecular formula is C16H24ClN3O2. The summed E-state index contributed by atoms with van der Waals surface area (Å²) in [4.78, 5) is 25.5. The van der Waals surface area contributed by atoms with Gasteiger partial charge >= 0.3 is 0 Å². The maximum Gasteiger partial charge on any atom is 0.254 e. The van der Waals surface area contributed by atoms with Crippen molar-refractivity contribution in [3.05, 3.63) is 29.3 Å². The molecule has 1 aliphatic heterocycles. The summed E-state index contributed by atoms with van der Waals surface area (Å²) in [6.45, 7) is 5.53. The highest BCUT2D eigenvalue weighted by atomic mass is 35.5. The second-order valence-electron chi connectivity index (χ2n) is 5.77. The molecule has 1 unspecified atom stereocenters. The van der Waals surface area contributed by atoms with E-state index in [1.54, 1.807) is 6.07 Å². The number of piperidine rings is 1. The maximum atomic E-state index is 12.6. The lowest BCUT2D eigenvalue weighted by Crippen LogP contribution is -2.43. The number of likely N-dealkylation sites (tertiary alicyclic amines) is 1. The van der Waals surface area contributed by atoms with Crippen LogP contribution < -0.4 is 11.1 Å². The molecule has 0 radical (unpaired) electrons. The maximum absolute atomic E-state index is 12.6. The molecule has 0 aliphatic carbocycles. The number of nitrogens with one attached hydrogen (secondary N) is 1. The highest BCUT2D eigenvalue weighted by Gasteiger charge is 2.25. The molecule has 22 heavy (non-hydrogen) atoms. The van der Waals surface area contributed by atoms with E-state index in [0.29, 0.717) is 30.3 Å². The van der Waals surface area contributed by atoms with Gasteiger partial charge in [0.15, 0.2) is 0 Å². The fourth-order valence-corrected chi connectivity index (χ4v) is 2.74. The van der Waals surface area contributed by atoms with Crippen molar-refractivity contribution in [1.29, 1.82) is 0 Å². The number of anilines is 1. The molecule has 1 fully saturated rings. The van der Waals surface area contributed by atoms with Gasteiger partial charge in [0.05, 0.1) is 0 Å². The molecule has 5 nitrogen and oxygen atoms in total. The molecule has 1 aromatic carbocycles. The molecule has 2 amide bonds. The van der Waals surface area contributed by atoms with Crippen molar-refractivity contribution in [2.45, 2.75) is 26.7 Å². The molecule has 1 aromatic rings. The SMILES string of the molecule is CC(=O)NCC1CCCN(C(=O)c2cc(N)ccc2C)C1.Cl. The number of nitrogens with zero attached hydrogens (tertiary/aromatic N) is 1. The van der Waals surface area contributed by atoms with Crippen molar-refractivity contribution in [2.75, 3.05) is 25.4 Å². The van der Waals surface area contributed by atoms with Gasteiger partial charge in [-0.15, -0.1) is 12.4 Å². The molecule has 1 heterocycles. The lowest BCUT2D eigenvalue weighted by molar-refractivity contribution is -0.119. The topological polar surface area (TPSA) is 75.4 Å². The molecule has 1 saturated heterocycles. The fraction of sp³-hybridized carbons (Fsp3) is 0.500. The third-order valence-electron chi connectivity index (χ3n) is 3.94. The van der Waals surface area contributed by atoms with Crippen LogP contribution in [0.1, 0.15) is 35.7 Å². The van der Waals surface area contributed by atoms with Gasteiger partial charge in [-0.1, -0.05) is 6.07 Å². The molecule has 0 spiro atoms. The lowest BCUT2D eigenvalue weighted by atomic mass is 9.96. The highest BCUT2D eigenvalue weighted by Crippen LogP contribution is 2.21. The number of aryl methyl sites for hydroxylation is 1. The van der Waals surface area contributed by atoms with Gasteiger partial charge in [-0.05, 0) is 43.4 Å². The van der Waals surface area contributed by atoms with Crippen LogP contribution in [0.4, 0.5) is 5.69 Å². The number of carbonyl (C=O) groups is 2. The number of benzene rings is 1. The normalized spacial score (nSPS) is 17.5. The molecule has 0 bridgehead atoms. The van der Waals surface area contributed by atoms with Gasteiger partial charge in [0.25, 0.3) is 5.91 Å². The zero-order chi connectivity index (χ0) is 15.4. The van der Waals surface area contributed by atoms with E-state index >= 15 is 0 Å².